The highest BCUT2D eigenvalue weighted by molar-refractivity contribution is 6.04. The third-order valence-electron chi connectivity index (χ3n) is 3.90. The van der Waals surface area contributed by atoms with Crippen LogP contribution in [0.15, 0.2) is 53.5 Å². The Morgan fingerprint density at radius 1 is 0.739 bits per heavy atom. The lowest BCUT2D eigenvalue weighted by atomic mass is 10.0. The van der Waals surface area contributed by atoms with Gasteiger partial charge in [-0.2, -0.15) is 0 Å². The highest BCUT2D eigenvalue weighted by Crippen LogP contribution is 2.26. The SMILES string of the molecule is CN=C(Nc1ccccc1C(C)C)Nc1ccccc1C(C)C. The van der Waals surface area contributed by atoms with Crippen LogP contribution in [-0.2, 0) is 0 Å². The van der Waals surface area contributed by atoms with Gasteiger partial charge in [-0.15, -0.1) is 0 Å². The zero-order chi connectivity index (χ0) is 16.8. The number of hydrogen-bond acceptors (Lipinski definition) is 1. The van der Waals surface area contributed by atoms with Crippen LogP contribution in [0.25, 0.3) is 0 Å². The number of rotatable bonds is 4. The summed E-state index contributed by atoms with van der Waals surface area (Å²) >= 11 is 0. The predicted octanol–water partition coefficient (Wildman–Crippen LogP) is 5.44. The van der Waals surface area contributed by atoms with Crippen LogP contribution < -0.4 is 10.6 Å². The molecular weight excluding hydrogens is 282 g/mol. The summed E-state index contributed by atoms with van der Waals surface area (Å²) in [6, 6.07) is 16.7. The Labute approximate surface area is 139 Å². The smallest absolute Gasteiger partial charge is 0.200 e. The molecule has 2 aromatic rings. The number of nitrogens with zero attached hydrogens (tertiary/aromatic N) is 1. The van der Waals surface area contributed by atoms with Gasteiger partial charge in [0, 0.05) is 18.4 Å². The molecule has 0 aliphatic carbocycles. The van der Waals surface area contributed by atoms with Gasteiger partial charge in [-0.05, 0) is 35.1 Å². The van der Waals surface area contributed by atoms with Crippen LogP contribution in [0.1, 0.15) is 50.7 Å². The number of aliphatic imine (C=N–C) groups is 1. The molecule has 2 rings (SSSR count). The minimum atomic E-state index is 0.458. The Kier molecular flexibility index (Phi) is 5.80. The van der Waals surface area contributed by atoms with Crippen molar-refractivity contribution in [2.24, 2.45) is 4.99 Å². The number of benzene rings is 2. The predicted molar refractivity (Wildman–Crippen MR) is 102 cm³/mol. The van der Waals surface area contributed by atoms with Gasteiger partial charge < -0.3 is 10.6 Å². The largest absolute Gasteiger partial charge is 0.326 e. The van der Waals surface area contributed by atoms with Gasteiger partial charge in [0.25, 0.3) is 0 Å². The Morgan fingerprint density at radius 2 is 1.13 bits per heavy atom. The first kappa shape index (κ1) is 17.1. The molecule has 122 valence electrons. The molecule has 0 aliphatic rings. The van der Waals surface area contributed by atoms with E-state index in [-0.39, 0.29) is 0 Å². The number of anilines is 2. The zero-order valence-corrected chi connectivity index (χ0v) is 14.7. The molecule has 0 atom stereocenters. The number of para-hydroxylation sites is 2. The summed E-state index contributed by atoms with van der Waals surface area (Å²) in [5, 5.41) is 6.86. The highest BCUT2D eigenvalue weighted by Gasteiger charge is 2.10. The molecule has 0 saturated heterocycles. The summed E-state index contributed by atoms with van der Waals surface area (Å²) in [6.07, 6.45) is 0. The number of nitrogens with one attached hydrogen (secondary N) is 2. The van der Waals surface area contributed by atoms with Crippen molar-refractivity contribution < 1.29 is 0 Å². The van der Waals surface area contributed by atoms with Crippen molar-refractivity contribution in [3.8, 4) is 0 Å². The lowest BCUT2D eigenvalue weighted by Gasteiger charge is -2.19. The maximum Gasteiger partial charge on any atom is 0.200 e. The Hall–Kier alpha value is -2.29. The minimum absolute atomic E-state index is 0.458. The fourth-order valence-corrected chi connectivity index (χ4v) is 2.63. The van der Waals surface area contributed by atoms with Crippen molar-refractivity contribution in [3.05, 3.63) is 59.7 Å². The van der Waals surface area contributed by atoms with E-state index in [2.05, 4.69) is 79.7 Å². The van der Waals surface area contributed by atoms with Gasteiger partial charge in [-0.1, -0.05) is 64.1 Å². The Balaban J connectivity index is 2.23. The summed E-state index contributed by atoms with van der Waals surface area (Å²) in [5.41, 5.74) is 4.76. The van der Waals surface area contributed by atoms with E-state index in [4.69, 9.17) is 0 Å². The lowest BCUT2D eigenvalue weighted by molar-refractivity contribution is 0.868. The van der Waals surface area contributed by atoms with E-state index in [1.165, 1.54) is 11.1 Å². The molecule has 23 heavy (non-hydrogen) atoms. The van der Waals surface area contributed by atoms with E-state index < -0.39 is 0 Å². The fourth-order valence-electron chi connectivity index (χ4n) is 2.63. The van der Waals surface area contributed by atoms with Gasteiger partial charge >= 0.3 is 0 Å². The second-order valence-electron chi connectivity index (χ2n) is 6.31. The Bertz CT molecular complexity index is 617. The van der Waals surface area contributed by atoms with E-state index >= 15 is 0 Å². The van der Waals surface area contributed by atoms with Crippen LogP contribution in [0, 0.1) is 0 Å². The van der Waals surface area contributed by atoms with Gasteiger partial charge in [-0.3, -0.25) is 4.99 Å². The van der Waals surface area contributed by atoms with Crippen LogP contribution in [0.4, 0.5) is 11.4 Å². The van der Waals surface area contributed by atoms with E-state index in [0.717, 1.165) is 17.3 Å². The molecule has 2 aromatic carbocycles. The van der Waals surface area contributed by atoms with E-state index in [1.807, 2.05) is 12.1 Å². The first-order valence-corrected chi connectivity index (χ1v) is 8.21. The molecule has 0 unspecified atom stereocenters. The molecule has 0 fully saturated rings. The molecule has 0 spiro atoms. The standard InChI is InChI=1S/C20H27N3/c1-14(2)16-10-6-8-12-18(16)22-20(21-5)23-19-13-9-7-11-17(19)15(3)4/h6-15H,1-5H3,(H2,21,22,23). The highest BCUT2D eigenvalue weighted by atomic mass is 15.2. The van der Waals surface area contributed by atoms with E-state index in [0.29, 0.717) is 11.8 Å². The Morgan fingerprint density at radius 3 is 1.48 bits per heavy atom. The van der Waals surface area contributed by atoms with Gasteiger partial charge in [0.05, 0.1) is 0 Å². The maximum absolute atomic E-state index is 4.37. The topological polar surface area (TPSA) is 36.4 Å². The van der Waals surface area contributed by atoms with Crippen LogP contribution in [-0.4, -0.2) is 13.0 Å². The van der Waals surface area contributed by atoms with Crippen LogP contribution >= 0.6 is 0 Å². The summed E-state index contributed by atoms with van der Waals surface area (Å²) in [7, 11) is 1.80. The molecule has 0 saturated carbocycles. The van der Waals surface area contributed by atoms with Gasteiger partial charge in [-0.25, -0.2) is 0 Å². The second-order valence-corrected chi connectivity index (χ2v) is 6.31. The monoisotopic (exact) mass is 309 g/mol. The van der Waals surface area contributed by atoms with Gasteiger partial charge in [0.1, 0.15) is 0 Å². The summed E-state index contributed by atoms with van der Waals surface area (Å²) in [5.74, 6) is 1.67. The van der Waals surface area contributed by atoms with Crippen molar-refractivity contribution in [3.63, 3.8) is 0 Å². The summed E-state index contributed by atoms with van der Waals surface area (Å²) < 4.78 is 0. The molecule has 0 bridgehead atoms. The normalized spacial score (nSPS) is 10.7. The molecule has 2 N–H and O–H groups in total. The van der Waals surface area contributed by atoms with E-state index in [9.17, 15) is 0 Å². The van der Waals surface area contributed by atoms with E-state index in [1.54, 1.807) is 7.05 Å². The number of hydrogen-bond donors (Lipinski definition) is 2. The van der Waals surface area contributed by atoms with Crippen molar-refractivity contribution in [2.75, 3.05) is 17.7 Å². The number of guanidine groups is 1. The molecular formula is C20H27N3. The zero-order valence-electron chi connectivity index (χ0n) is 14.7. The summed E-state index contributed by atoms with van der Waals surface area (Å²) in [6.45, 7) is 8.80. The lowest BCUT2D eigenvalue weighted by Crippen LogP contribution is -2.23. The van der Waals surface area contributed by atoms with Crippen molar-refractivity contribution in [2.45, 2.75) is 39.5 Å². The molecule has 0 aromatic heterocycles. The minimum Gasteiger partial charge on any atom is -0.326 e. The first-order chi connectivity index (χ1) is 11.0. The van der Waals surface area contributed by atoms with Gasteiger partial charge in [0.2, 0.25) is 0 Å². The molecule has 3 nitrogen and oxygen atoms in total. The first-order valence-electron chi connectivity index (χ1n) is 8.21. The van der Waals surface area contributed by atoms with Crippen molar-refractivity contribution >= 4 is 17.3 Å². The quantitative estimate of drug-likeness (QED) is 0.582. The molecule has 0 amide bonds. The summed E-state index contributed by atoms with van der Waals surface area (Å²) in [4.78, 5) is 4.37. The average molecular weight is 309 g/mol. The van der Waals surface area contributed by atoms with Crippen LogP contribution in [0.3, 0.4) is 0 Å². The third-order valence-corrected chi connectivity index (χ3v) is 3.90. The molecule has 0 heterocycles. The second kappa shape index (κ2) is 7.82. The molecule has 3 heteroatoms. The van der Waals surface area contributed by atoms with Gasteiger partial charge in [0.15, 0.2) is 5.96 Å². The average Bonchev–Trinajstić information content (AvgIpc) is 2.54. The fraction of sp³-hybridized carbons (Fsp3) is 0.350. The molecule has 0 radical (unpaired) electrons. The van der Waals surface area contributed by atoms with Crippen LogP contribution in [0.5, 0.6) is 0 Å². The maximum atomic E-state index is 4.37. The van der Waals surface area contributed by atoms with Crippen molar-refractivity contribution in [1.29, 1.82) is 0 Å². The third kappa shape index (κ3) is 4.35. The van der Waals surface area contributed by atoms with Crippen LogP contribution in [0.2, 0.25) is 0 Å². The van der Waals surface area contributed by atoms with Crippen molar-refractivity contribution in [1.82, 2.24) is 0 Å². The molecule has 0 aliphatic heterocycles.